The zero-order chi connectivity index (χ0) is 14.0. The Morgan fingerprint density at radius 1 is 0.667 bits per heavy atom. The van der Waals surface area contributed by atoms with Crippen molar-refractivity contribution < 1.29 is 0 Å². The van der Waals surface area contributed by atoms with Crippen LogP contribution < -0.4 is 0 Å². The summed E-state index contributed by atoms with van der Waals surface area (Å²) in [5.41, 5.74) is 4.90. The number of benzene rings is 1. The van der Waals surface area contributed by atoms with Gasteiger partial charge < -0.3 is 0 Å². The molecular weight excluding hydrogens is 218 g/mol. The Morgan fingerprint density at radius 3 is 1.72 bits per heavy atom. The maximum Gasteiger partial charge on any atom is 0.0346 e. The quantitative estimate of drug-likeness (QED) is 0.652. The molecular formula is C17H25N. The van der Waals surface area contributed by atoms with Crippen LogP contribution in [0.4, 0.5) is 0 Å². The van der Waals surface area contributed by atoms with Gasteiger partial charge in [-0.15, -0.1) is 0 Å². The lowest BCUT2D eigenvalue weighted by molar-refractivity contribution is 1.27. The number of nitrogens with zero attached hydrogens (tertiary/aromatic N) is 1. The first-order valence-electron chi connectivity index (χ1n) is 6.74. The molecule has 98 valence electrons. The van der Waals surface area contributed by atoms with E-state index < -0.39 is 0 Å². The highest BCUT2D eigenvalue weighted by Crippen LogP contribution is 2.19. The predicted molar refractivity (Wildman–Crippen MR) is 81.8 cm³/mol. The SMILES string of the molecule is CC.CC.Cc1ccc(-c2cncc(C)c2)cc1. The van der Waals surface area contributed by atoms with Crippen molar-refractivity contribution in [1.29, 1.82) is 0 Å². The second-order valence-corrected chi connectivity index (χ2v) is 3.62. The Kier molecular flexibility index (Phi) is 8.55. The molecule has 0 radical (unpaired) electrons. The van der Waals surface area contributed by atoms with Gasteiger partial charge in [0.2, 0.25) is 0 Å². The summed E-state index contributed by atoms with van der Waals surface area (Å²) in [5.74, 6) is 0. The first-order chi connectivity index (χ1) is 8.75. The fourth-order valence-corrected chi connectivity index (χ4v) is 1.46. The van der Waals surface area contributed by atoms with E-state index in [0.29, 0.717) is 0 Å². The van der Waals surface area contributed by atoms with Crippen molar-refractivity contribution >= 4 is 0 Å². The fraction of sp³-hybridized carbons (Fsp3) is 0.353. The van der Waals surface area contributed by atoms with Crippen molar-refractivity contribution in [3.63, 3.8) is 0 Å². The Morgan fingerprint density at radius 2 is 1.22 bits per heavy atom. The molecule has 0 aliphatic heterocycles. The lowest BCUT2D eigenvalue weighted by atomic mass is 10.1. The van der Waals surface area contributed by atoms with Crippen molar-refractivity contribution in [3.05, 3.63) is 53.9 Å². The van der Waals surface area contributed by atoms with Gasteiger partial charge in [0.15, 0.2) is 0 Å². The summed E-state index contributed by atoms with van der Waals surface area (Å²) in [6.07, 6.45) is 3.77. The molecule has 0 saturated heterocycles. The average molecular weight is 243 g/mol. The second kappa shape index (κ2) is 9.41. The Hall–Kier alpha value is -1.63. The number of aromatic nitrogens is 1. The van der Waals surface area contributed by atoms with Crippen LogP contribution in [-0.2, 0) is 0 Å². The third-order valence-electron chi connectivity index (χ3n) is 2.26. The standard InChI is InChI=1S/C13H13N.2C2H6/c1-10-3-5-12(6-4-10)13-7-11(2)8-14-9-13;2*1-2/h3-9H,1-2H3;2*1-2H3. The van der Waals surface area contributed by atoms with Crippen LogP contribution in [0.2, 0.25) is 0 Å². The lowest BCUT2D eigenvalue weighted by Crippen LogP contribution is -1.82. The van der Waals surface area contributed by atoms with E-state index in [9.17, 15) is 0 Å². The summed E-state index contributed by atoms with van der Waals surface area (Å²) >= 11 is 0. The molecule has 18 heavy (non-hydrogen) atoms. The van der Waals surface area contributed by atoms with Crippen LogP contribution in [0.15, 0.2) is 42.7 Å². The Bertz CT molecular complexity index is 430. The van der Waals surface area contributed by atoms with Gasteiger partial charge in [0, 0.05) is 18.0 Å². The highest BCUT2D eigenvalue weighted by molar-refractivity contribution is 5.63. The molecule has 1 aromatic carbocycles. The van der Waals surface area contributed by atoms with E-state index in [-0.39, 0.29) is 0 Å². The monoisotopic (exact) mass is 243 g/mol. The molecule has 1 heteroatoms. The molecule has 0 aliphatic rings. The van der Waals surface area contributed by atoms with Gasteiger partial charge in [-0.3, -0.25) is 4.98 Å². The zero-order valence-electron chi connectivity index (χ0n) is 12.5. The molecule has 2 rings (SSSR count). The van der Waals surface area contributed by atoms with E-state index in [1.165, 1.54) is 22.3 Å². The van der Waals surface area contributed by atoms with Crippen LogP contribution in [0.3, 0.4) is 0 Å². The summed E-state index contributed by atoms with van der Waals surface area (Å²) < 4.78 is 0. The summed E-state index contributed by atoms with van der Waals surface area (Å²) in [7, 11) is 0. The molecule has 1 heterocycles. The van der Waals surface area contributed by atoms with Gasteiger partial charge in [0.25, 0.3) is 0 Å². The minimum atomic E-state index is 1.19. The van der Waals surface area contributed by atoms with Gasteiger partial charge in [-0.1, -0.05) is 57.5 Å². The molecule has 0 saturated carbocycles. The van der Waals surface area contributed by atoms with Crippen LogP contribution in [-0.4, -0.2) is 4.98 Å². The third-order valence-corrected chi connectivity index (χ3v) is 2.26. The molecule has 0 bridgehead atoms. The van der Waals surface area contributed by atoms with Crippen molar-refractivity contribution in [3.8, 4) is 11.1 Å². The number of rotatable bonds is 1. The number of pyridine rings is 1. The van der Waals surface area contributed by atoms with Gasteiger partial charge in [0.1, 0.15) is 0 Å². The van der Waals surface area contributed by atoms with Gasteiger partial charge in [-0.2, -0.15) is 0 Å². The summed E-state index contributed by atoms with van der Waals surface area (Å²) in [4.78, 5) is 4.18. The number of aryl methyl sites for hydroxylation is 2. The summed E-state index contributed by atoms with van der Waals surface area (Å²) in [5, 5.41) is 0. The normalized spacial score (nSPS) is 8.56. The van der Waals surface area contributed by atoms with Crippen LogP contribution in [0.5, 0.6) is 0 Å². The first-order valence-corrected chi connectivity index (χ1v) is 6.74. The van der Waals surface area contributed by atoms with Gasteiger partial charge in [-0.05, 0) is 31.0 Å². The highest BCUT2D eigenvalue weighted by atomic mass is 14.6. The average Bonchev–Trinajstić information content (AvgIpc) is 2.44. The maximum absolute atomic E-state index is 4.18. The van der Waals surface area contributed by atoms with Crippen molar-refractivity contribution in [2.45, 2.75) is 41.5 Å². The smallest absolute Gasteiger partial charge is 0.0346 e. The van der Waals surface area contributed by atoms with Crippen LogP contribution in [0.1, 0.15) is 38.8 Å². The van der Waals surface area contributed by atoms with Gasteiger partial charge in [-0.25, -0.2) is 0 Å². The number of hydrogen-bond acceptors (Lipinski definition) is 1. The van der Waals surface area contributed by atoms with Crippen molar-refractivity contribution in [2.75, 3.05) is 0 Å². The molecule has 0 unspecified atom stereocenters. The topological polar surface area (TPSA) is 12.9 Å². The minimum Gasteiger partial charge on any atom is -0.264 e. The predicted octanol–water partition coefficient (Wildman–Crippen LogP) is 5.42. The first kappa shape index (κ1) is 16.4. The van der Waals surface area contributed by atoms with E-state index >= 15 is 0 Å². The fourth-order valence-electron chi connectivity index (χ4n) is 1.46. The molecule has 0 atom stereocenters. The maximum atomic E-state index is 4.18. The van der Waals surface area contributed by atoms with E-state index in [0.717, 1.165) is 0 Å². The Labute approximate surface area is 112 Å². The van der Waals surface area contributed by atoms with Crippen LogP contribution in [0.25, 0.3) is 11.1 Å². The molecule has 1 nitrogen and oxygen atoms in total. The highest BCUT2D eigenvalue weighted by Gasteiger charge is 1.97. The summed E-state index contributed by atoms with van der Waals surface area (Å²) in [6, 6.07) is 10.7. The minimum absolute atomic E-state index is 1.19. The molecule has 1 aromatic heterocycles. The van der Waals surface area contributed by atoms with Crippen LogP contribution in [0, 0.1) is 13.8 Å². The molecule has 0 amide bonds. The lowest BCUT2D eigenvalue weighted by Gasteiger charge is -2.02. The second-order valence-electron chi connectivity index (χ2n) is 3.62. The molecule has 0 aliphatic carbocycles. The molecule has 0 fully saturated rings. The zero-order valence-corrected chi connectivity index (χ0v) is 12.5. The van der Waals surface area contributed by atoms with Crippen molar-refractivity contribution in [1.82, 2.24) is 4.98 Å². The van der Waals surface area contributed by atoms with Crippen LogP contribution >= 0.6 is 0 Å². The van der Waals surface area contributed by atoms with E-state index in [4.69, 9.17) is 0 Å². The Balaban J connectivity index is 0.000000659. The van der Waals surface area contributed by atoms with Crippen molar-refractivity contribution in [2.24, 2.45) is 0 Å². The van der Waals surface area contributed by atoms with E-state index in [1.807, 2.05) is 40.1 Å². The van der Waals surface area contributed by atoms with Gasteiger partial charge >= 0.3 is 0 Å². The third kappa shape index (κ3) is 5.13. The summed E-state index contributed by atoms with van der Waals surface area (Å²) in [6.45, 7) is 12.2. The largest absolute Gasteiger partial charge is 0.264 e. The van der Waals surface area contributed by atoms with E-state index in [1.54, 1.807) is 0 Å². The number of hydrogen-bond donors (Lipinski definition) is 0. The molecule has 0 N–H and O–H groups in total. The van der Waals surface area contributed by atoms with Gasteiger partial charge in [0.05, 0.1) is 0 Å². The molecule has 2 aromatic rings. The molecule has 0 spiro atoms. The van der Waals surface area contributed by atoms with E-state index in [2.05, 4.69) is 49.2 Å².